The first-order valence-electron chi connectivity index (χ1n) is 7.90. The summed E-state index contributed by atoms with van der Waals surface area (Å²) in [6, 6.07) is 9.21. The van der Waals surface area contributed by atoms with Crippen LogP contribution in [0.2, 0.25) is 0 Å². The van der Waals surface area contributed by atoms with E-state index < -0.39 is 6.61 Å². The number of nitrogens with two attached hydrogens (primary N) is 1. The molecule has 0 saturated carbocycles. The molecule has 1 aliphatic rings. The van der Waals surface area contributed by atoms with E-state index in [1.165, 1.54) is 12.1 Å². The molecule has 3 N–H and O–H groups in total. The number of amides is 2. The van der Waals surface area contributed by atoms with E-state index in [0.29, 0.717) is 16.9 Å². The molecule has 0 aliphatic carbocycles. The average Bonchev–Trinajstić information content (AvgIpc) is 3.12. The summed E-state index contributed by atoms with van der Waals surface area (Å²) < 4.78 is 28.7. The van der Waals surface area contributed by atoms with Crippen LogP contribution in [0.4, 0.5) is 25.1 Å². The van der Waals surface area contributed by atoms with Crippen molar-refractivity contribution in [2.45, 2.75) is 19.5 Å². The normalized spacial score (nSPS) is 14.0. The van der Waals surface area contributed by atoms with E-state index in [0.717, 1.165) is 25.9 Å². The molecule has 3 rings (SSSR count). The van der Waals surface area contributed by atoms with Gasteiger partial charge in [0.05, 0.1) is 11.4 Å². The summed E-state index contributed by atoms with van der Waals surface area (Å²) in [4.78, 5) is 18.3. The molecule has 2 amide bonds. The van der Waals surface area contributed by atoms with Crippen molar-refractivity contribution < 1.29 is 18.3 Å². The lowest BCUT2D eigenvalue weighted by Gasteiger charge is -2.17. The zero-order chi connectivity index (χ0) is 17.8. The summed E-state index contributed by atoms with van der Waals surface area (Å²) in [5.74, 6) is 0.346. The third-order valence-corrected chi connectivity index (χ3v) is 3.92. The monoisotopic (exact) mass is 348 g/mol. The third kappa shape index (κ3) is 4.14. The van der Waals surface area contributed by atoms with Crippen molar-refractivity contribution in [3.05, 3.63) is 36.4 Å². The Kier molecular flexibility index (Phi) is 4.97. The van der Waals surface area contributed by atoms with Gasteiger partial charge in [-0.25, -0.2) is 9.78 Å². The summed E-state index contributed by atoms with van der Waals surface area (Å²) in [5, 5.41) is 2.73. The highest BCUT2D eigenvalue weighted by Gasteiger charge is 2.19. The van der Waals surface area contributed by atoms with Gasteiger partial charge in [0, 0.05) is 18.7 Å². The van der Waals surface area contributed by atoms with Gasteiger partial charge in [-0.1, -0.05) is 0 Å². The predicted octanol–water partition coefficient (Wildman–Crippen LogP) is 3.56. The number of ether oxygens (including phenoxy) is 1. The topological polar surface area (TPSA) is 80.5 Å². The van der Waals surface area contributed by atoms with E-state index in [1.807, 2.05) is 0 Å². The number of carbonyl (C=O) groups is 1. The van der Waals surface area contributed by atoms with Crippen LogP contribution in [0.5, 0.6) is 5.75 Å². The Morgan fingerprint density at radius 3 is 2.48 bits per heavy atom. The van der Waals surface area contributed by atoms with Crippen molar-refractivity contribution in [2.75, 3.05) is 24.1 Å². The van der Waals surface area contributed by atoms with Crippen molar-refractivity contribution in [1.82, 2.24) is 9.88 Å². The molecule has 132 valence electrons. The Labute approximate surface area is 143 Å². The van der Waals surface area contributed by atoms with E-state index in [4.69, 9.17) is 5.73 Å². The molecule has 1 saturated heterocycles. The number of hydrogen-bond acceptors (Lipinski definition) is 4. The molecule has 0 bridgehead atoms. The molecule has 6 nitrogen and oxygen atoms in total. The number of nitrogen functional groups attached to an aromatic ring is 1. The number of carbonyl (C=O) groups excluding carboxylic acids is 1. The molecule has 1 aliphatic heterocycles. The van der Waals surface area contributed by atoms with Gasteiger partial charge in [-0.05, 0) is 49.2 Å². The number of hydrogen-bond donors (Lipinski definition) is 2. The number of nitrogens with zero attached hydrogens (tertiary/aromatic N) is 2. The van der Waals surface area contributed by atoms with E-state index in [2.05, 4.69) is 15.0 Å². The number of halogens is 2. The van der Waals surface area contributed by atoms with Gasteiger partial charge in [0.2, 0.25) is 0 Å². The van der Waals surface area contributed by atoms with Gasteiger partial charge in [0.1, 0.15) is 5.75 Å². The fourth-order valence-electron chi connectivity index (χ4n) is 2.64. The lowest BCUT2D eigenvalue weighted by atomic mass is 10.1. The number of aromatic nitrogens is 1. The molecule has 25 heavy (non-hydrogen) atoms. The summed E-state index contributed by atoms with van der Waals surface area (Å²) in [6.45, 7) is -1.43. The zero-order valence-corrected chi connectivity index (χ0v) is 13.4. The van der Waals surface area contributed by atoms with Crippen molar-refractivity contribution in [1.29, 1.82) is 0 Å². The molecule has 2 aromatic rings. The first-order chi connectivity index (χ1) is 12.0. The van der Waals surface area contributed by atoms with Crippen LogP contribution in [-0.4, -0.2) is 35.6 Å². The van der Waals surface area contributed by atoms with Crippen molar-refractivity contribution >= 4 is 17.5 Å². The molecule has 1 aromatic carbocycles. The van der Waals surface area contributed by atoms with Gasteiger partial charge in [-0.15, -0.1) is 0 Å². The van der Waals surface area contributed by atoms with E-state index in [1.54, 1.807) is 29.2 Å². The standard InChI is InChI=1S/C17H18F2N4O2/c18-16(19)25-12-5-3-11(4-6-12)14-8-7-13(20)15(21-14)22-17(24)23-9-1-2-10-23/h3-8,16H,1-2,9-10,20H2,(H,21,22,24). The van der Waals surface area contributed by atoms with Crippen LogP contribution in [0.1, 0.15) is 12.8 Å². The summed E-state index contributed by atoms with van der Waals surface area (Å²) in [7, 11) is 0. The first-order valence-corrected chi connectivity index (χ1v) is 7.90. The maximum Gasteiger partial charge on any atom is 0.387 e. The second-order valence-electron chi connectivity index (χ2n) is 5.66. The lowest BCUT2D eigenvalue weighted by Crippen LogP contribution is -2.32. The minimum Gasteiger partial charge on any atom is -0.435 e. The van der Waals surface area contributed by atoms with Crippen LogP contribution < -0.4 is 15.8 Å². The summed E-state index contributed by atoms with van der Waals surface area (Å²) in [6.07, 6.45) is 1.98. The van der Waals surface area contributed by atoms with E-state index in [9.17, 15) is 13.6 Å². The predicted molar refractivity (Wildman–Crippen MR) is 90.5 cm³/mol. The maximum atomic E-state index is 12.2. The number of benzene rings is 1. The van der Waals surface area contributed by atoms with Crippen LogP contribution >= 0.6 is 0 Å². The van der Waals surface area contributed by atoms with E-state index >= 15 is 0 Å². The van der Waals surface area contributed by atoms with Crippen molar-refractivity contribution in [3.8, 4) is 17.0 Å². The van der Waals surface area contributed by atoms with Gasteiger partial charge in [0.15, 0.2) is 5.82 Å². The summed E-state index contributed by atoms with van der Waals surface area (Å²) >= 11 is 0. The van der Waals surface area contributed by atoms with Gasteiger partial charge >= 0.3 is 12.6 Å². The number of anilines is 2. The Balaban J connectivity index is 1.77. The molecule has 0 radical (unpaired) electrons. The van der Waals surface area contributed by atoms with Crippen LogP contribution in [0.15, 0.2) is 36.4 Å². The third-order valence-electron chi connectivity index (χ3n) is 3.92. The molecule has 0 atom stereocenters. The van der Waals surface area contributed by atoms with Gasteiger partial charge in [-0.2, -0.15) is 8.78 Å². The van der Waals surface area contributed by atoms with Gasteiger partial charge < -0.3 is 15.4 Å². The van der Waals surface area contributed by atoms with Crippen LogP contribution in [-0.2, 0) is 0 Å². The molecule has 1 fully saturated rings. The van der Waals surface area contributed by atoms with Crippen molar-refractivity contribution in [3.63, 3.8) is 0 Å². The second kappa shape index (κ2) is 7.33. The highest BCUT2D eigenvalue weighted by Crippen LogP contribution is 2.26. The van der Waals surface area contributed by atoms with Gasteiger partial charge in [0.25, 0.3) is 0 Å². The SMILES string of the molecule is Nc1ccc(-c2ccc(OC(F)F)cc2)nc1NC(=O)N1CCCC1. The highest BCUT2D eigenvalue weighted by molar-refractivity contribution is 5.91. The molecule has 1 aromatic heterocycles. The number of pyridine rings is 1. The van der Waals surface area contributed by atoms with Crippen molar-refractivity contribution in [2.24, 2.45) is 0 Å². The van der Waals surface area contributed by atoms with Crippen LogP contribution in [0.25, 0.3) is 11.3 Å². The Morgan fingerprint density at radius 2 is 1.84 bits per heavy atom. The molecule has 0 unspecified atom stereocenters. The average molecular weight is 348 g/mol. The summed E-state index contributed by atoms with van der Waals surface area (Å²) in [5.41, 5.74) is 7.51. The molecular formula is C17H18F2N4O2. The Bertz CT molecular complexity index is 747. The lowest BCUT2D eigenvalue weighted by molar-refractivity contribution is -0.0498. The fourth-order valence-corrected chi connectivity index (χ4v) is 2.64. The minimum absolute atomic E-state index is 0.0664. The second-order valence-corrected chi connectivity index (χ2v) is 5.66. The quantitative estimate of drug-likeness (QED) is 0.885. The molecular weight excluding hydrogens is 330 g/mol. The largest absolute Gasteiger partial charge is 0.435 e. The Morgan fingerprint density at radius 1 is 1.16 bits per heavy atom. The molecule has 2 heterocycles. The number of likely N-dealkylation sites (tertiary alicyclic amines) is 1. The number of nitrogens with one attached hydrogen (secondary N) is 1. The molecule has 8 heteroatoms. The number of rotatable bonds is 4. The van der Waals surface area contributed by atoms with Crippen LogP contribution in [0, 0.1) is 0 Å². The maximum absolute atomic E-state index is 12.2. The smallest absolute Gasteiger partial charge is 0.387 e. The minimum atomic E-state index is -2.87. The van der Waals surface area contributed by atoms with E-state index in [-0.39, 0.29) is 17.6 Å². The number of urea groups is 1. The van der Waals surface area contributed by atoms with Crippen LogP contribution in [0.3, 0.4) is 0 Å². The Hall–Kier alpha value is -2.90. The first kappa shape index (κ1) is 16.9. The highest BCUT2D eigenvalue weighted by atomic mass is 19.3. The fraction of sp³-hybridized carbons (Fsp3) is 0.294. The number of alkyl halides is 2. The zero-order valence-electron chi connectivity index (χ0n) is 13.4. The van der Waals surface area contributed by atoms with Gasteiger partial charge in [-0.3, -0.25) is 5.32 Å². The molecule has 0 spiro atoms.